The normalized spacial score (nSPS) is 13.9. The van der Waals surface area contributed by atoms with Crippen molar-refractivity contribution in [1.82, 2.24) is 0 Å². The molecule has 96 valence electrons. The van der Waals surface area contributed by atoms with Crippen molar-refractivity contribution in [3.8, 4) is 5.75 Å². The lowest BCUT2D eigenvalue weighted by Gasteiger charge is -2.17. The van der Waals surface area contributed by atoms with Crippen LogP contribution in [0.2, 0.25) is 0 Å². The molecule has 0 aromatic heterocycles. The molecule has 0 saturated heterocycles. The molecule has 2 nitrogen and oxygen atoms in total. The van der Waals surface area contributed by atoms with Crippen LogP contribution in [0.3, 0.4) is 0 Å². The van der Waals surface area contributed by atoms with Crippen molar-refractivity contribution in [2.45, 2.75) is 17.1 Å². The molecule has 0 heterocycles. The summed E-state index contributed by atoms with van der Waals surface area (Å²) in [6, 6.07) is 2.73. The van der Waals surface area contributed by atoms with Gasteiger partial charge in [0.1, 0.15) is 16.7 Å². The Kier molecular flexibility index (Phi) is 4.52. The molecule has 0 aliphatic carbocycles. The van der Waals surface area contributed by atoms with E-state index in [-0.39, 0.29) is 11.3 Å². The quantitative estimate of drug-likeness (QED) is 0.862. The summed E-state index contributed by atoms with van der Waals surface area (Å²) in [6.45, 7) is 0. The van der Waals surface area contributed by atoms with Crippen LogP contribution in [0.4, 0.5) is 13.2 Å². The second-order valence-electron chi connectivity index (χ2n) is 3.23. The fourth-order valence-electron chi connectivity index (χ4n) is 1.28. The fraction of sp³-hybridized carbons (Fsp3) is 0.400. The van der Waals surface area contributed by atoms with Crippen LogP contribution >= 0.6 is 23.2 Å². The largest absolute Gasteiger partial charge is 0.496 e. The molecule has 0 saturated carbocycles. The summed E-state index contributed by atoms with van der Waals surface area (Å²) in [5, 5.41) is 9.59. The van der Waals surface area contributed by atoms with Gasteiger partial charge in [-0.2, -0.15) is 13.2 Å². The maximum Gasteiger partial charge on any atom is 0.416 e. The average molecular weight is 289 g/mol. The first-order valence-corrected chi connectivity index (χ1v) is 5.36. The lowest BCUT2D eigenvalue weighted by Crippen LogP contribution is -2.11. The Morgan fingerprint density at radius 1 is 1.29 bits per heavy atom. The first-order chi connectivity index (χ1) is 7.77. The maximum absolute atomic E-state index is 12.5. The van der Waals surface area contributed by atoms with Gasteiger partial charge >= 0.3 is 6.18 Å². The fourth-order valence-corrected chi connectivity index (χ4v) is 1.55. The lowest BCUT2D eigenvalue weighted by atomic mass is 10.1. The second-order valence-corrected chi connectivity index (χ2v) is 4.40. The van der Waals surface area contributed by atoms with Gasteiger partial charge in [0.15, 0.2) is 0 Å². The summed E-state index contributed by atoms with van der Waals surface area (Å²) < 4.78 is 42.3. The van der Waals surface area contributed by atoms with Gasteiger partial charge in [0.25, 0.3) is 0 Å². The van der Waals surface area contributed by atoms with Crippen LogP contribution in [0.25, 0.3) is 0 Å². The molecule has 7 heteroatoms. The van der Waals surface area contributed by atoms with Crippen molar-refractivity contribution in [3.63, 3.8) is 0 Å². The number of methoxy groups -OCH3 is 1. The molecule has 0 radical (unpaired) electrons. The van der Waals surface area contributed by atoms with Crippen molar-refractivity contribution < 1.29 is 23.0 Å². The molecule has 0 aliphatic rings. The number of aliphatic hydroxyl groups excluding tert-OH is 1. The van der Waals surface area contributed by atoms with Crippen LogP contribution in [-0.4, -0.2) is 17.1 Å². The number of rotatable bonds is 3. The first kappa shape index (κ1) is 14.4. The molecule has 1 aromatic carbocycles. The predicted octanol–water partition coefficient (Wildman–Crippen LogP) is 3.55. The highest BCUT2D eigenvalue weighted by Gasteiger charge is 2.32. The summed E-state index contributed by atoms with van der Waals surface area (Å²) >= 11 is 10.9. The Morgan fingerprint density at radius 2 is 1.88 bits per heavy atom. The van der Waals surface area contributed by atoms with Gasteiger partial charge in [-0.25, -0.2) is 0 Å². The Bertz CT molecular complexity index is 394. The molecule has 1 rings (SSSR count). The average Bonchev–Trinajstić information content (AvgIpc) is 2.25. The highest BCUT2D eigenvalue weighted by Crippen LogP contribution is 2.37. The van der Waals surface area contributed by atoms with E-state index in [2.05, 4.69) is 0 Å². The zero-order valence-corrected chi connectivity index (χ0v) is 10.1. The molecule has 0 bridgehead atoms. The van der Waals surface area contributed by atoms with Crippen molar-refractivity contribution in [2.75, 3.05) is 7.11 Å². The van der Waals surface area contributed by atoms with Crippen LogP contribution in [0.5, 0.6) is 5.75 Å². The number of benzene rings is 1. The molecule has 1 N–H and O–H groups in total. The van der Waals surface area contributed by atoms with Gasteiger partial charge in [0, 0.05) is 5.56 Å². The van der Waals surface area contributed by atoms with E-state index in [1.165, 1.54) is 7.11 Å². The van der Waals surface area contributed by atoms with Gasteiger partial charge in [-0.1, -0.05) is 0 Å². The summed E-state index contributed by atoms with van der Waals surface area (Å²) in [5.41, 5.74) is -1.00. The van der Waals surface area contributed by atoms with Gasteiger partial charge in [-0.05, 0) is 18.2 Å². The summed E-state index contributed by atoms with van der Waals surface area (Å²) in [5.74, 6) is 0.0943. The third-order valence-electron chi connectivity index (χ3n) is 2.11. The zero-order chi connectivity index (χ0) is 13.2. The Balaban J connectivity index is 3.25. The Labute approximate surface area is 106 Å². The molecule has 0 spiro atoms. The van der Waals surface area contributed by atoms with Crippen LogP contribution in [0.15, 0.2) is 18.2 Å². The van der Waals surface area contributed by atoms with Gasteiger partial charge in [-0.3, -0.25) is 0 Å². The smallest absolute Gasteiger partial charge is 0.416 e. The van der Waals surface area contributed by atoms with E-state index >= 15 is 0 Å². The van der Waals surface area contributed by atoms with E-state index < -0.39 is 22.7 Å². The SMILES string of the molecule is COc1ccc(C(F)(F)F)cc1C(O)C(Cl)Cl. The first-order valence-electron chi connectivity index (χ1n) is 4.48. The minimum absolute atomic E-state index is 0.0943. The molecule has 0 fully saturated rings. The molecule has 0 amide bonds. The van der Waals surface area contributed by atoms with Crippen LogP contribution in [0, 0.1) is 0 Å². The maximum atomic E-state index is 12.5. The highest BCUT2D eigenvalue weighted by atomic mass is 35.5. The van der Waals surface area contributed by atoms with E-state index in [1.807, 2.05) is 0 Å². The monoisotopic (exact) mass is 288 g/mol. The van der Waals surface area contributed by atoms with Crippen LogP contribution < -0.4 is 4.74 Å². The topological polar surface area (TPSA) is 29.5 Å². The molecule has 0 aliphatic heterocycles. The van der Waals surface area contributed by atoms with Gasteiger partial charge < -0.3 is 9.84 Å². The van der Waals surface area contributed by atoms with E-state index in [1.54, 1.807) is 0 Å². The molecular formula is C10H9Cl2F3O2. The number of ether oxygens (including phenoxy) is 1. The van der Waals surface area contributed by atoms with Gasteiger partial charge in [0.2, 0.25) is 0 Å². The van der Waals surface area contributed by atoms with Gasteiger partial charge in [0.05, 0.1) is 12.7 Å². The minimum Gasteiger partial charge on any atom is -0.496 e. The standard InChI is InChI=1S/C10H9Cl2F3O2/c1-17-7-3-2-5(10(13,14)15)4-6(7)8(16)9(11)12/h2-4,8-9,16H,1H3. The van der Waals surface area contributed by atoms with Gasteiger partial charge in [-0.15, -0.1) is 23.2 Å². The van der Waals surface area contributed by atoms with E-state index in [9.17, 15) is 18.3 Å². The van der Waals surface area contributed by atoms with Crippen molar-refractivity contribution in [1.29, 1.82) is 0 Å². The van der Waals surface area contributed by atoms with Crippen molar-refractivity contribution in [2.24, 2.45) is 0 Å². The van der Waals surface area contributed by atoms with Crippen LogP contribution in [-0.2, 0) is 6.18 Å². The van der Waals surface area contributed by atoms with E-state index in [4.69, 9.17) is 27.9 Å². The second kappa shape index (κ2) is 5.33. The Hall–Kier alpha value is -0.650. The van der Waals surface area contributed by atoms with Crippen molar-refractivity contribution >= 4 is 23.2 Å². The Morgan fingerprint density at radius 3 is 2.29 bits per heavy atom. The van der Waals surface area contributed by atoms with E-state index in [0.29, 0.717) is 0 Å². The molecule has 17 heavy (non-hydrogen) atoms. The number of hydrogen-bond acceptors (Lipinski definition) is 2. The number of halogens is 5. The summed E-state index contributed by atoms with van der Waals surface area (Å²) in [7, 11) is 1.27. The lowest BCUT2D eigenvalue weighted by molar-refractivity contribution is -0.137. The van der Waals surface area contributed by atoms with E-state index in [0.717, 1.165) is 18.2 Å². The number of aliphatic hydroxyl groups is 1. The highest BCUT2D eigenvalue weighted by molar-refractivity contribution is 6.44. The molecule has 1 unspecified atom stereocenters. The third-order valence-corrected chi connectivity index (χ3v) is 2.59. The molecule has 1 aromatic rings. The number of alkyl halides is 5. The number of hydrogen-bond donors (Lipinski definition) is 1. The van der Waals surface area contributed by atoms with Crippen LogP contribution in [0.1, 0.15) is 17.2 Å². The minimum atomic E-state index is -4.51. The summed E-state index contributed by atoms with van der Waals surface area (Å²) in [4.78, 5) is -1.24. The molecule has 1 atom stereocenters. The van der Waals surface area contributed by atoms with Crippen molar-refractivity contribution in [3.05, 3.63) is 29.3 Å². The zero-order valence-electron chi connectivity index (χ0n) is 8.63. The molecular weight excluding hydrogens is 280 g/mol. The third kappa shape index (κ3) is 3.40. The predicted molar refractivity (Wildman–Crippen MR) is 58.4 cm³/mol. The summed E-state index contributed by atoms with van der Waals surface area (Å²) in [6.07, 6.45) is -5.95.